The summed E-state index contributed by atoms with van der Waals surface area (Å²) in [5.74, 6) is -0.910. The zero-order valence-electron chi connectivity index (χ0n) is 12.8. The number of amides is 1. The van der Waals surface area contributed by atoms with Gasteiger partial charge in [-0.3, -0.25) is 4.79 Å². The Labute approximate surface area is 125 Å². The van der Waals surface area contributed by atoms with Gasteiger partial charge in [-0.15, -0.1) is 0 Å². The molecule has 0 aliphatic heterocycles. The van der Waals surface area contributed by atoms with Crippen molar-refractivity contribution < 1.29 is 19.4 Å². The number of aromatic hydroxyl groups is 1. The quantitative estimate of drug-likeness (QED) is 0.597. The van der Waals surface area contributed by atoms with Crippen LogP contribution in [0.25, 0.3) is 0 Å². The highest BCUT2D eigenvalue weighted by Gasteiger charge is 2.17. The zero-order valence-corrected chi connectivity index (χ0v) is 12.8. The average Bonchev–Trinajstić information content (AvgIpc) is 2.49. The molecule has 2 N–H and O–H groups in total. The van der Waals surface area contributed by atoms with Crippen molar-refractivity contribution in [2.45, 2.75) is 39.5 Å². The third kappa shape index (κ3) is 4.77. The summed E-state index contributed by atoms with van der Waals surface area (Å²) in [6.07, 6.45) is 3.68. The molecular formula is C16H23NO4. The molecule has 0 spiro atoms. The van der Waals surface area contributed by atoms with Crippen molar-refractivity contribution in [2.24, 2.45) is 5.92 Å². The van der Waals surface area contributed by atoms with Crippen molar-refractivity contribution in [2.75, 3.05) is 12.4 Å². The number of esters is 1. The predicted molar refractivity (Wildman–Crippen MR) is 81.4 cm³/mol. The second kappa shape index (κ2) is 8.29. The molecular weight excluding hydrogens is 270 g/mol. The second-order valence-electron chi connectivity index (χ2n) is 4.96. The minimum atomic E-state index is -0.637. The first kappa shape index (κ1) is 17.0. The molecule has 1 aromatic carbocycles. The number of methoxy groups -OCH3 is 1. The number of hydrogen-bond donors (Lipinski definition) is 2. The largest absolute Gasteiger partial charge is 0.507 e. The van der Waals surface area contributed by atoms with E-state index in [-0.39, 0.29) is 23.1 Å². The molecule has 5 heteroatoms. The van der Waals surface area contributed by atoms with E-state index in [1.54, 1.807) is 6.07 Å². The molecule has 1 atom stereocenters. The number of unbranched alkanes of at least 4 members (excludes halogenated alkanes) is 1. The van der Waals surface area contributed by atoms with E-state index in [0.717, 1.165) is 25.7 Å². The van der Waals surface area contributed by atoms with E-state index in [2.05, 4.69) is 17.0 Å². The van der Waals surface area contributed by atoms with Crippen molar-refractivity contribution in [1.29, 1.82) is 0 Å². The van der Waals surface area contributed by atoms with Crippen LogP contribution in [0.15, 0.2) is 18.2 Å². The first-order valence-corrected chi connectivity index (χ1v) is 7.25. The monoisotopic (exact) mass is 293 g/mol. The number of nitrogens with one attached hydrogen (secondary N) is 1. The van der Waals surface area contributed by atoms with Gasteiger partial charge in [-0.25, -0.2) is 4.79 Å². The minimum absolute atomic E-state index is 0.0388. The maximum Gasteiger partial charge on any atom is 0.341 e. The van der Waals surface area contributed by atoms with Crippen molar-refractivity contribution in [3.63, 3.8) is 0 Å². The van der Waals surface area contributed by atoms with Crippen LogP contribution in [-0.2, 0) is 9.53 Å². The van der Waals surface area contributed by atoms with Crippen LogP contribution in [-0.4, -0.2) is 24.1 Å². The van der Waals surface area contributed by atoms with Crippen LogP contribution in [0.4, 0.5) is 5.69 Å². The Balaban J connectivity index is 2.82. The third-order valence-corrected chi connectivity index (χ3v) is 3.44. The van der Waals surface area contributed by atoms with E-state index in [4.69, 9.17) is 0 Å². The van der Waals surface area contributed by atoms with Gasteiger partial charge < -0.3 is 15.2 Å². The van der Waals surface area contributed by atoms with Gasteiger partial charge in [-0.2, -0.15) is 0 Å². The molecule has 0 aromatic heterocycles. The highest BCUT2D eigenvalue weighted by atomic mass is 16.5. The Morgan fingerprint density at radius 3 is 2.62 bits per heavy atom. The van der Waals surface area contributed by atoms with Crippen LogP contribution < -0.4 is 5.32 Å². The van der Waals surface area contributed by atoms with Gasteiger partial charge in [0, 0.05) is 11.6 Å². The number of benzene rings is 1. The first-order chi connectivity index (χ1) is 10.0. The topological polar surface area (TPSA) is 75.6 Å². The summed E-state index contributed by atoms with van der Waals surface area (Å²) in [4.78, 5) is 23.7. The molecule has 1 amide bonds. The van der Waals surface area contributed by atoms with Crippen LogP contribution >= 0.6 is 0 Å². The van der Waals surface area contributed by atoms with Gasteiger partial charge in [0.2, 0.25) is 5.91 Å². The molecule has 5 nitrogen and oxygen atoms in total. The first-order valence-electron chi connectivity index (χ1n) is 7.25. The molecule has 0 saturated carbocycles. The van der Waals surface area contributed by atoms with E-state index in [0.29, 0.717) is 5.69 Å². The van der Waals surface area contributed by atoms with Gasteiger partial charge >= 0.3 is 5.97 Å². The maximum absolute atomic E-state index is 12.2. The van der Waals surface area contributed by atoms with Gasteiger partial charge in [0.05, 0.1) is 7.11 Å². The molecule has 116 valence electrons. The summed E-state index contributed by atoms with van der Waals surface area (Å²) in [5, 5.41) is 12.4. The number of carbonyl (C=O) groups is 2. The van der Waals surface area contributed by atoms with Crippen LogP contribution in [0.5, 0.6) is 5.75 Å². The Morgan fingerprint density at radius 1 is 1.33 bits per heavy atom. The second-order valence-corrected chi connectivity index (χ2v) is 4.96. The molecule has 0 unspecified atom stereocenters. The molecule has 21 heavy (non-hydrogen) atoms. The summed E-state index contributed by atoms with van der Waals surface area (Å²) in [6, 6.07) is 4.35. The Bertz CT molecular complexity index is 499. The maximum atomic E-state index is 12.2. The number of ether oxygens (including phenoxy) is 1. The fraction of sp³-hybridized carbons (Fsp3) is 0.500. The summed E-state index contributed by atoms with van der Waals surface area (Å²) < 4.78 is 4.59. The Morgan fingerprint density at radius 2 is 2.05 bits per heavy atom. The average molecular weight is 293 g/mol. The van der Waals surface area contributed by atoms with Gasteiger partial charge in [-0.1, -0.05) is 26.7 Å². The lowest BCUT2D eigenvalue weighted by atomic mass is 9.98. The smallest absolute Gasteiger partial charge is 0.341 e. The van der Waals surface area contributed by atoms with Crippen molar-refractivity contribution in [3.8, 4) is 5.75 Å². The molecule has 0 aliphatic rings. The number of rotatable bonds is 7. The highest BCUT2D eigenvalue weighted by molar-refractivity contribution is 5.97. The summed E-state index contributed by atoms with van der Waals surface area (Å²) >= 11 is 0. The molecule has 0 heterocycles. The van der Waals surface area contributed by atoms with Crippen LogP contribution in [0.1, 0.15) is 49.9 Å². The molecule has 0 saturated heterocycles. The van der Waals surface area contributed by atoms with Gasteiger partial charge in [0.15, 0.2) is 0 Å². The number of phenols is 1. The lowest BCUT2D eigenvalue weighted by Crippen LogP contribution is -2.22. The Kier molecular flexibility index (Phi) is 6.72. The minimum Gasteiger partial charge on any atom is -0.507 e. The van der Waals surface area contributed by atoms with Crippen LogP contribution in [0.3, 0.4) is 0 Å². The molecule has 0 radical (unpaired) electrons. The normalized spacial score (nSPS) is 11.8. The number of carbonyl (C=O) groups excluding carboxylic acids is 2. The fourth-order valence-electron chi connectivity index (χ4n) is 2.10. The number of hydrogen-bond acceptors (Lipinski definition) is 4. The molecule has 1 aromatic rings. The van der Waals surface area contributed by atoms with E-state index in [9.17, 15) is 14.7 Å². The summed E-state index contributed by atoms with van der Waals surface area (Å²) in [7, 11) is 1.24. The Hall–Kier alpha value is -2.04. The fourth-order valence-corrected chi connectivity index (χ4v) is 2.10. The molecule has 0 aliphatic carbocycles. The van der Waals surface area contributed by atoms with Gasteiger partial charge in [0.25, 0.3) is 0 Å². The molecule has 0 fully saturated rings. The highest BCUT2D eigenvalue weighted by Crippen LogP contribution is 2.23. The van der Waals surface area contributed by atoms with Gasteiger partial charge in [-0.05, 0) is 31.0 Å². The SMILES string of the molecule is CCCC[C@@H](CC)C(=O)Nc1ccc(O)c(C(=O)OC)c1. The van der Waals surface area contributed by atoms with Crippen molar-refractivity contribution in [3.05, 3.63) is 23.8 Å². The van der Waals surface area contributed by atoms with Crippen molar-refractivity contribution in [1.82, 2.24) is 0 Å². The third-order valence-electron chi connectivity index (χ3n) is 3.44. The van der Waals surface area contributed by atoms with Crippen LogP contribution in [0, 0.1) is 5.92 Å². The number of phenolic OH excluding ortho intramolecular Hbond substituents is 1. The van der Waals surface area contributed by atoms with Crippen molar-refractivity contribution >= 4 is 17.6 Å². The van der Waals surface area contributed by atoms with E-state index in [1.165, 1.54) is 19.2 Å². The zero-order chi connectivity index (χ0) is 15.8. The predicted octanol–water partition coefficient (Wildman–Crippen LogP) is 3.33. The number of anilines is 1. The van der Waals surface area contributed by atoms with E-state index >= 15 is 0 Å². The summed E-state index contributed by atoms with van der Waals surface area (Å²) in [6.45, 7) is 4.07. The lowest BCUT2D eigenvalue weighted by molar-refractivity contribution is -0.120. The standard InChI is InChI=1S/C16H23NO4/c1-4-6-7-11(5-2)15(19)17-12-8-9-14(18)13(10-12)16(20)21-3/h8-11,18H,4-7H2,1-3H3,(H,17,19)/t11-/m1/s1. The van der Waals surface area contributed by atoms with E-state index in [1.807, 2.05) is 6.92 Å². The lowest BCUT2D eigenvalue weighted by Gasteiger charge is -2.15. The van der Waals surface area contributed by atoms with E-state index < -0.39 is 5.97 Å². The molecule has 0 bridgehead atoms. The van der Waals surface area contributed by atoms with Gasteiger partial charge in [0.1, 0.15) is 11.3 Å². The van der Waals surface area contributed by atoms with Crippen LogP contribution in [0.2, 0.25) is 0 Å². The molecule has 1 rings (SSSR count). The summed E-state index contributed by atoms with van der Waals surface area (Å²) in [5.41, 5.74) is 0.519.